The third-order valence-electron chi connectivity index (χ3n) is 5.51. The fourth-order valence-electron chi connectivity index (χ4n) is 3.84. The van der Waals surface area contributed by atoms with E-state index in [0.717, 1.165) is 44.5 Å². The van der Waals surface area contributed by atoms with Crippen LogP contribution < -0.4 is 5.32 Å². The van der Waals surface area contributed by atoms with Gasteiger partial charge in [-0.1, -0.05) is 13.8 Å². The Labute approximate surface area is 177 Å². The maximum atomic E-state index is 13.0. The molecule has 0 saturated heterocycles. The van der Waals surface area contributed by atoms with Gasteiger partial charge < -0.3 is 10.2 Å². The minimum atomic E-state index is -4.72. The lowest BCUT2D eigenvalue weighted by Gasteiger charge is -2.18. The molecule has 0 fully saturated rings. The first-order chi connectivity index (χ1) is 14.8. The minimum absolute atomic E-state index is 0.232. The van der Waals surface area contributed by atoms with Crippen LogP contribution in [0.5, 0.6) is 0 Å². The van der Waals surface area contributed by atoms with Crippen molar-refractivity contribution < 1.29 is 18.0 Å². The van der Waals surface area contributed by atoms with E-state index in [1.165, 1.54) is 6.20 Å². The fraction of sp³-hybridized carbons (Fsp3) is 0.364. The minimum Gasteiger partial charge on any atom is -0.385 e. The average Bonchev–Trinajstić information content (AvgIpc) is 3.05. The summed E-state index contributed by atoms with van der Waals surface area (Å²) in [6, 6.07) is 5.61. The topological polar surface area (TPSA) is 71.0 Å². The van der Waals surface area contributed by atoms with E-state index in [-0.39, 0.29) is 11.3 Å². The van der Waals surface area contributed by atoms with Crippen molar-refractivity contribution in [1.29, 1.82) is 0 Å². The molecule has 1 N–H and O–H groups in total. The number of hydrogen-bond donors (Lipinski definition) is 1. The normalized spacial score (nSPS) is 13.0. The van der Waals surface area contributed by atoms with Gasteiger partial charge in [-0.05, 0) is 44.3 Å². The van der Waals surface area contributed by atoms with Crippen LogP contribution in [0, 0.1) is 0 Å². The molecular weight excluding hydrogens is 407 g/mol. The van der Waals surface area contributed by atoms with E-state index in [2.05, 4.69) is 39.0 Å². The second-order valence-electron chi connectivity index (χ2n) is 7.37. The van der Waals surface area contributed by atoms with E-state index in [1.807, 2.05) is 18.2 Å². The number of halogens is 3. The molecule has 0 aliphatic heterocycles. The first-order valence-corrected chi connectivity index (χ1v) is 10.2. The number of anilines is 1. The fourth-order valence-corrected chi connectivity index (χ4v) is 3.84. The van der Waals surface area contributed by atoms with Crippen LogP contribution in [0.25, 0.3) is 22.0 Å². The van der Waals surface area contributed by atoms with Gasteiger partial charge in [0.25, 0.3) is 0 Å². The molecule has 2 aromatic heterocycles. The Morgan fingerprint density at radius 3 is 2.52 bits per heavy atom. The van der Waals surface area contributed by atoms with E-state index >= 15 is 0 Å². The van der Waals surface area contributed by atoms with Crippen molar-refractivity contribution >= 4 is 22.4 Å². The number of pyridine rings is 1. The maximum Gasteiger partial charge on any atom is 0.451 e. The SMILES string of the molecule is CCN(CC)CCCNc1ccc2ncc3c(c2c1)-c1cnc(C(F)(F)F)nc1C3=O. The Morgan fingerprint density at radius 2 is 1.81 bits per heavy atom. The van der Waals surface area contributed by atoms with Crippen LogP contribution in [0.15, 0.2) is 30.6 Å². The molecule has 31 heavy (non-hydrogen) atoms. The molecule has 0 radical (unpaired) electrons. The first-order valence-electron chi connectivity index (χ1n) is 10.2. The van der Waals surface area contributed by atoms with Gasteiger partial charge in [-0.15, -0.1) is 0 Å². The molecule has 4 rings (SSSR count). The van der Waals surface area contributed by atoms with Crippen molar-refractivity contribution in [2.24, 2.45) is 0 Å². The summed E-state index contributed by atoms with van der Waals surface area (Å²) < 4.78 is 39.0. The number of aromatic nitrogens is 3. The molecule has 0 atom stereocenters. The molecule has 1 aliphatic rings. The highest BCUT2D eigenvalue weighted by Crippen LogP contribution is 2.41. The summed E-state index contributed by atoms with van der Waals surface area (Å²) in [5.74, 6) is -1.88. The number of ketones is 1. The van der Waals surface area contributed by atoms with E-state index in [0.29, 0.717) is 22.0 Å². The Morgan fingerprint density at radius 1 is 1.06 bits per heavy atom. The van der Waals surface area contributed by atoms with Crippen LogP contribution in [-0.4, -0.2) is 51.8 Å². The number of carbonyl (C=O) groups excluding carboxylic acids is 1. The highest BCUT2D eigenvalue weighted by Gasteiger charge is 2.38. The summed E-state index contributed by atoms with van der Waals surface area (Å²) in [7, 11) is 0. The number of nitrogens with zero attached hydrogens (tertiary/aromatic N) is 4. The summed E-state index contributed by atoms with van der Waals surface area (Å²) in [6.07, 6.45) is -1.27. The molecule has 2 heterocycles. The average molecular weight is 429 g/mol. The molecule has 0 bridgehead atoms. The first kappa shape index (κ1) is 21.2. The van der Waals surface area contributed by atoms with E-state index in [4.69, 9.17) is 0 Å². The second-order valence-corrected chi connectivity index (χ2v) is 7.37. The molecule has 162 valence electrons. The molecule has 0 saturated carbocycles. The number of fused-ring (bicyclic) bond motifs is 5. The molecule has 1 aromatic carbocycles. The molecular formula is C22H22F3N5O. The van der Waals surface area contributed by atoms with Crippen molar-refractivity contribution in [3.8, 4) is 11.1 Å². The standard InChI is InChI=1S/C22H22F3N5O/c1-3-30(4-2)9-5-8-26-13-6-7-17-14(10-13)18-15-11-28-21(22(23,24)25)29-19(15)20(31)16(18)12-27-17/h6-7,10-12,26H,3-5,8-9H2,1-2H3. The number of carbonyl (C=O) groups is 1. The summed E-state index contributed by atoms with van der Waals surface area (Å²) in [4.78, 5) is 26.3. The summed E-state index contributed by atoms with van der Waals surface area (Å²) in [5, 5.41) is 4.06. The second kappa shape index (κ2) is 8.22. The number of benzene rings is 1. The van der Waals surface area contributed by atoms with Gasteiger partial charge in [-0.25, -0.2) is 9.97 Å². The quantitative estimate of drug-likeness (QED) is 0.439. The number of rotatable bonds is 7. The zero-order valence-corrected chi connectivity index (χ0v) is 17.3. The van der Waals surface area contributed by atoms with Crippen molar-refractivity contribution in [1.82, 2.24) is 19.9 Å². The van der Waals surface area contributed by atoms with E-state index in [9.17, 15) is 18.0 Å². The van der Waals surface area contributed by atoms with Crippen LogP contribution in [0.1, 0.15) is 42.1 Å². The third-order valence-corrected chi connectivity index (χ3v) is 5.51. The molecule has 1 aliphatic carbocycles. The van der Waals surface area contributed by atoms with Crippen LogP contribution >= 0.6 is 0 Å². The van der Waals surface area contributed by atoms with Gasteiger partial charge in [0.1, 0.15) is 5.69 Å². The highest BCUT2D eigenvalue weighted by molar-refractivity contribution is 6.24. The van der Waals surface area contributed by atoms with Gasteiger partial charge >= 0.3 is 6.18 Å². The third kappa shape index (κ3) is 3.97. The number of alkyl halides is 3. The molecule has 9 heteroatoms. The zero-order valence-electron chi connectivity index (χ0n) is 17.3. The Balaban J connectivity index is 1.65. The van der Waals surface area contributed by atoms with Crippen LogP contribution in [-0.2, 0) is 6.18 Å². The van der Waals surface area contributed by atoms with E-state index < -0.39 is 17.8 Å². The lowest BCUT2D eigenvalue weighted by atomic mass is 10.0. The lowest BCUT2D eigenvalue weighted by molar-refractivity contribution is -0.145. The Bertz CT molecular complexity index is 1140. The summed E-state index contributed by atoms with van der Waals surface area (Å²) in [6.45, 7) is 8.05. The summed E-state index contributed by atoms with van der Waals surface area (Å²) >= 11 is 0. The Kier molecular flexibility index (Phi) is 5.62. The van der Waals surface area contributed by atoms with E-state index in [1.54, 1.807) is 0 Å². The highest BCUT2D eigenvalue weighted by atomic mass is 19.4. The molecule has 6 nitrogen and oxygen atoms in total. The van der Waals surface area contributed by atoms with Gasteiger partial charge in [0.05, 0.1) is 11.1 Å². The number of nitrogens with one attached hydrogen (secondary N) is 1. The van der Waals surface area contributed by atoms with Gasteiger partial charge in [-0.3, -0.25) is 9.78 Å². The van der Waals surface area contributed by atoms with Crippen molar-refractivity contribution in [2.75, 3.05) is 31.5 Å². The maximum absolute atomic E-state index is 13.0. The largest absolute Gasteiger partial charge is 0.451 e. The molecule has 0 unspecified atom stereocenters. The molecule has 0 amide bonds. The zero-order chi connectivity index (χ0) is 22.2. The van der Waals surface area contributed by atoms with Crippen molar-refractivity contribution in [2.45, 2.75) is 26.4 Å². The smallest absolute Gasteiger partial charge is 0.385 e. The van der Waals surface area contributed by atoms with Crippen molar-refractivity contribution in [3.05, 3.63) is 47.7 Å². The van der Waals surface area contributed by atoms with Gasteiger partial charge in [0.2, 0.25) is 11.6 Å². The van der Waals surface area contributed by atoms with Gasteiger partial charge in [-0.2, -0.15) is 13.2 Å². The predicted molar refractivity (Wildman–Crippen MR) is 112 cm³/mol. The van der Waals surface area contributed by atoms with Crippen LogP contribution in [0.2, 0.25) is 0 Å². The molecule has 0 spiro atoms. The van der Waals surface area contributed by atoms with Crippen LogP contribution in [0.3, 0.4) is 0 Å². The van der Waals surface area contributed by atoms with Crippen LogP contribution in [0.4, 0.5) is 18.9 Å². The number of hydrogen-bond acceptors (Lipinski definition) is 6. The van der Waals surface area contributed by atoms with Gasteiger partial charge in [0.15, 0.2) is 0 Å². The molecule has 3 aromatic rings. The van der Waals surface area contributed by atoms with Gasteiger partial charge in [0, 0.05) is 41.1 Å². The Hall–Kier alpha value is -3.07. The summed E-state index contributed by atoms with van der Waals surface area (Å²) in [5.41, 5.74) is 2.35. The van der Waals surface area contributed by atoms with Crippen molar-refractivity contribution in [3.63, 3.8) is 0 Å². The predicted octanol–water partition coefficient (Wildman–Crippen LogP) is 4.40. The monoisotopic (exact) mass is 429 g/mol. The lowest BCUT2D eigenvalue weighted by Crippen LogP contribution is -2.25.